The number of hydrogen-bond donors (Lipinski definition) is 3. The summed E-state index contributed by atoms with van der Waals surface area (Å²) in [6.45, 7) is 7.54. The average Bonchev–Trinajstić information content (AvgIpc) is 2.69. The number of amides is 1. The molecule has 1 aliphatic heterocycles. The second-order valence-electron chi connectivity index (χ2n) is 9.13. The molecule has 2 heterocycles. The van der Waals surface area contributed by atoms with Gasteiger partial charge in [0.05, 0.1) is 5.52 Å². The molecule has 1 fully saturated rings. The molecule has 2 atom stereocenters. The van der Waals surface area contributed by atoms with Crippen molar-refractivity contribution in [3.8, 4) is 0 Å². The van der Waals surface area contributed by atoms with Crippen LogP contribution in [0, 0.1) is 6.92 Å². The number of carbonyl (C=O) groups is 1. The number of anilines is 1. The van der Waals surface area contributed by atoms with Gasteiger partial charge in [0.2, 0.25) is 0 Å². The van der Waals surface area contributed by atoms with Crippen molar-refractivity contribution in [2.24, 2.45) is 0 Å². The molecule has 0 aliphatic carbocycles. The molecule has 1 aromatic heterocycles. The smallest absolute Gasteiger partial charge is 0.376 e. The molecule has 1 amide bonds. The normalized spacial score (nSPS) is 19.7. The van der Waals surface area contributed by atoms with Gasteiger partial charge in [-0.25, -0.2) is 4.98 Å². The van der Waals surface area contributed by atoms with Crippen LogP contribution in [0.1, 0.15) is 42.4 Å². The average molecular weight is 471 g/mol. The summed E-state index contributed by atoms with van der Waals surface area (Å²) in [6.07, 6.45) is -4.33. The standard InChI is InChI=1S/C22H29F3N4O2S/c1-13-7-18(20(30)27-10-15-11-32(31)6-5-26-15)29-19-16(13)8-14(28-12-22(23,24)25)9-17(19)21(2,3)4/h7-9,15,26,28H,5-6,10-12H2,1-4H3,(H,27,30). The van der Waals surface area contributed by atoms with Crippen LogP contribution < -0.4 is 16.0 Å². The Kier molecular flexibility index (Phi) is 7.14. The van der Waals surface area contributed by atoms with Crippen molar-refractivity contribution in [1.82, 2.24) is 15.6 Å². The number of fused-ring (bicyclic) bond motifs is 1. The van der Waals surface area contributed by atoms with Gasteiger partial charge < -0.3 is 16.0 Å². The fraction of sp³-hybridized carbons (Fsp3) is 0.545. The first-order valence-corrected chi connectivity index (χ1v) is 12.0. The molecule has 32 heavy (non-hydrogen) atoms. The summed E-state index contributed by atoms with van der Waals surface area (Å²) in [5, 5.41) is 9.24. The van der Waals surface area contributed by atoms with Crippen molar-refractivity contribution in [3.63, 3.8) is 0 Å². The highest BCUT2D eigenvalue weighted by atomic mass is 32.2. The maximum absolute atomic E-state index is 12.8. The Balaban J connectivity index is 1.91. The summed E-state index contributed by atoms with van der Waals surface area (Å²) >= 11 is 0. The number of halogens is 3. The molecule has 1 aliphatic rings. The van der Waals surface area contributed by atoms with Crippen LogP contribution in [0.5, 0.6) is 0 Å². The van der Waals surface area contributed by atoms with E-state index in [0.29, 0.717) is 41.2 Å². The van der Waals surface area contributed by atoms with Crippen molar-refractivity contribution < 1.29 is 22.2 Å². The van der Waals surface area contributed by atoms with E-state index in [1.807, 2.05) is 27.7 Å². The van der Waals surface area contributed by atoms with E-state index >= 15 is 0 Å². The van der Waals surface area contributed by atoms with Crippen LogP contribution in [0.15, 0.2) is 18.2 Å². The van der Waals surface area contributed by atoms with Gasteiger partial charge in [-0.05, 0) is 41.7 Å². The van der Waals surface area contributed by atoms with Crippen molar-refractivity contribution in [2.45, 2.75) is 45.3 Å². The fourth-order valence-corrected chi connectivity index (χ4v) is 4.86. The van der Waals surface area contributed by atoms with E-state index in [4.69, 9.17) is 0 Å². The first-order valence-electron chi connectivity index (χ1n) is 10.5. The molecular weight excluding hydrogens is 441 g/mol. The van der Waals surface area contributed by atoms with Crippen molar-refractivity contribution in [2.75, 3.05) is 36.5 Å². The third-order valence-corrected chi connectivity index (χ3v) is 6.75. The third kappa shape index (κ3) is 6.19. The van der Waals surface area contributed by atoms with E-state index < -0.39 is 28.9 Å². The lowest BCUT2D eigenvalue weighted by atomic mass is 9.84. The summed E-state index contributed by atoms with van der Waals surface area (Å²) in [6, 6.07) is 4.90. The quantitative estimate of drug-likeness (QED) is 0.625. The Hall–Kier alpha value is -2.20. The predicted molar refractivity (Wildman–Crippen MR) is 122 cm³/mol. The third-order valence-electron chi connectivity index (χ3n) is 5.31. The highest BCUT2D eigenvalue weighted by Crippen LogP contribution is 2.34. The molecule has 10 heteroatoms. The van der Waals surface area contributed by atoms with Gasteiger partial charge in [-0.1, -0.05) is 20.8 Å². The summed E-state index contributed by atoms with van der Waals surface area (Å²) in [5.41, 5.74) is 2.29. The number of aromatic nitrogens is 1. The minimum absolute atomic E-state index is 0.0533. The summed E-state index contributed by atoms with van der Waals surface area (Å²) in [4.78, 5) is 17.4. The van der Waals surface area contributed by atoms with Gasteiger partial charge in [0, 0.05) is 52.5 Å². The topological polar surface area (TPSA) is 83.1 Å². The Bertz CT molecular complexity index is 1030. The monoisotopic (exact) mass is 470 g/mol. The van der Waals surface area contributed by atoms with Gasteiger partial charge in [-0.3, -0.25) is 9.00 Å². The molecule has 6 nitrogen and oxygen atoms in total. The van der Waals surface area contributed by atoms with Crippen LogP contribution in [0.25, 0.3) is 10.9 Å². The molecule has 0 radical (unpaired) electrons. The lowest BCUT2D eigenvalue weighted by molar-refractivity contribution is -0.115. The SMILES string of the molecule is Cc1cc(C(=O)NCC2CS(=O)CCN2)nc2c(C(C)(C)C)cc(NCC(F)(F)F)cc12. The Labute approximate surface area is 188 Å². The molecule has 176 valence electrons. The summed E-state index contributed by atoms with van der Waals surface area (Å²) in [7, 11) is -0.880. The van der Waals surface area contributed by atoms with Gasteiger partial charge in [-0.15, -0.1) is 0 Å². The molecule has 2 unspecified atom stereocenters. The second kappa shape index (κ2) is 9.35. The number of pyridine rings is 1. The largest absolute Gasteiger partial charge is 0.405 e. The Morgan fingerprint density at radius 2 is 1.97 bits per heavy atom. The number of carbonyl (C=O) groups excluding carboxylic acids is 1. The Morgan fingerprint density at radius 1 is 1.25 bits per heavy atom. The number of nitrogens with one attached hydrogen (secondary N) is 3. The van der Waals surface area contributed by atoms with Crippen LogP contribution in [-0.2, 0) is 16.2 Å². The van der Waals surface area contributed by atoms with Gasteiger partial charge >= 0.3 is 6.18 Å². The zero-order chi connectivity index (χ0) is 23.7. The van der Waals surface area contributed by atoms with Crippen LogP contribution >= 0.6 is 0 Å². The van der Waals surface area contributed by atoms with Crippen molar-refractivity contribution in [1.29, 1.82) is 0 Å². The van der Waals surface area contributed by atoms with Gasteiger partial charge in [-0.2, -0.15) is 13.2 Å². The van der Waals surface area contributed by atoms with Crippen molar-refractivity contribution >= 4 is 33.3 Å². The molecule has 2 aromatic rings. The number of nitrogens with zero attached hydrogens (tertiary/aromatic N) is 1. The number of benzene rings is 1. The van der Waals surface area contributed by atoms with E-state index in [-0.39, 0.29) is 17.6 Å². The lowest BCUT2D eigenvalue weighted by Gasteiger charge is -2.24. The molecule has 3 rings (SSSR count). The van der Waals surface area contributed by atoms with Gasteiger partial charge in [0.1, 0.15) is 12.2 Å². The number of aryl methyl sites for hydroxylation is 1. The minimum Gasteiger partial charge on any atom is -0.376 e. The van der Waals surface area contributed by atoms with E-state index in [1.165, 1.54) is 0 Å². The van der Waals surface area contributed by atoms with E-state index in [9.17, 15) is 22.2 Å². The molecule has 0 bridgehead atoms. The molecule has 1 aromatic carbocycles. The molecule has 0 saturated carbocycles. The van der Waals surface area contributed by atoms with E-state index in [1.54, 1.807) is 18.2 Å². The Morgan fingerprint density at radius 3 is 2.59 bits per heavy atom. The summed E-state index contributed by atoms with van der Waals surface area (Å²) in [5.74, 6) is 0.768. The molecule has 1 saturated heterocycles. The second-order valence-corrected chi connectivity index (χ2v) is 10.8. The number of alkyl halides is 3. The first kappa shape index (κ1) is 24.4. The lowest BCUT2D eigenvalue weighted by Crippen LogP contribution is -2.49. The zero-order valence-electron chi connectivity index (χ0n) is 18.7. The minimum atomic E-state index is -4.33. The van der Waals surface area contributed by atoms with Crippen LogP contribution in [0.3, 0.4) is 0 Å². The maximum Gasteiger partial charge on any atom is 0.405 e. The predicted octanol–water partition coefficient (Wildman–Crippen LogP) is 3.27. The van der Waals surface area contributed by atoms with E-state index in [0.717, 1.165) is 11.1 Å². The van der Waals surface area contributed by atoms with Crippen molar-refractivity contribution in [3.05, 3.63) is 35.0 Å². The number of rotatable bonds is 5. The number of hydrogen-bond acceptors (Lipinski definition) is 5. The zero-order valence-corrected chi connectivity index (χ0v) is 19.5. The highest BCUT2D eigenvalue weighted by Gasteiger charge is 2.28. The van der Waals surface area contributed by atoms with E-state index in [2.05, 4.69) is 20.9 Å². The van der Waals surface area contributed by atoms with Crippen LogP contribution in [-0.4, -0.2) is 58.5 Å². The molecule has 3 N–H and O–H groups in total. The highest BCUT2D eigenvalue weighted by molar-refractivity contribution is 7.85. The van der Waals surface area contributed by atoms with Crippen LogP contribution in [0.2, 0.25) is 0 Å². The van der Waals surface area contributed by atoms with Gasteiger partial charge in [0.15, 0.2) is 0 Å². The molecular formula is C22H29F3N4O2S. The first-order chi connectivity index (χ1) is 14.8. The fourth-order valence-electron chi connectivity index (χ4n) is 3.66. The maximum atomic E-state index is 12.8. The molecule has 0 spiro atoms. The van der Waals surface area contributed by atoms with Gasteiger partial charge in [0.25, 0.3) is 5.91 Å². The summed E-state index contributed by atoms with van der Waals surface area (Å²) < 4.78 is 49.8. The van der Waals surface area contributed by atoms with Crippen LogP contribution in [0.4, 0.5) is 18.9 Å².